The molecule has 3 aromatic rings. The van der Waals surface area contributed by atoms with Gasteiger partial charge in [-0.15, -0.1) is 0 Å². The number of benzene rings is 1. The maximum atomic E-state index is 15.3. The van der Waals surface area contributed by atoms with Gasteiger partial charge in [-0.05, 0) is 43.5 Å². The van der Waals surface area contributed by atoms with Gasteiger partial charge in [0.25, 0.3) is 0 Å². The minimum Gasteiger partial charge on any atom is -0.474 e. The van der Waals surface area contributed by atoms with E-state index in [-0.39, 0.29) is 23.6 Å². The first-order valence-corrected chi connectivity index (χ1v) is 11.5. The third-order valence-corrected chi connectivity index (χ3v) is 6.54. The van der Waals surface area contributed by atoms with E-state index < -0.39 is 24.1 Å². The molecule has 11 heteroatoms. The average Bonchev–Trinajstić information content (AvgIpc) is 2.84. The van der Waals surface area contributed by atoms with Crippen LogP contribution in [0.1, 0.15) is 12.0 Å². The number of rotatable bonds is 3. The van der Waals surface area contributed by atoms with Gasteiger partial charge in [-0.3, -0.25) is 5.32 Å². The average molecular weight is 484 g/mol. The SMILES string of the molecule is Cc1c(-c2cc3cc(NC(=O)N[C@@H]4CCN(C)C[C@@H]4F)ncc3c(N)c2F)cnc2c1NCCO2. The van der Waals surface area contributed by atoms with Gasteiger partial charge < -0.3 is 26.0 Å². The van der Waals surface area contributed by atoms with Crippen molar-refractivity contribution in [2.45, 2.75) is 25.6 Å². The zero-order valence-electron chi connectivity index (χ0n) is 19.5. The number of hydrogen-bond acceptors (Lipinski definition) is 7. The number of nitrogens with one attached hydrogen (secondary N) is 3. The molecule has 2 aliphatic heterocycles. The van der Waals surface area contributed by atoms with Crippen LogP contribution in [-0.4, -0.2) is 66.4 Å². The number of nitrogen functional groups attached to an aromatic ring is 1. The molecule has 35 heavy (non-hydrogen) atoms. The van der Waals surface area contributed by atoms with E-state index in [1.165, 1.54) is 6.20 Å². The second kappa shape index (κ2) is 9.14. The van der Waals surface area contributed by atoms with Crippen LogP contribution in [0, 0.1) is 12.7 Å². The number of halogens is 2. The van der Waals surface area contributed by atoms with Crippen LogP contribution in [0.3, 0.4) is 0 Å². The van der Waals surface area contributed by atoms with Crippen molar-refractivity contribution in [3.63, 3.8) is 0 Å². The number of likely N-dealkylation sites (tertiary alicyclic amines) is 1. The number of ether oxygens (including phenoxy) is 1. The van der Waals surface area contributed by atoms with E-state index in [2.05, 4.69) is 25.9 Å². The number of carbonyl (C=O) groups excluding carboxylic acids is 1. The fraction of sp³-hybridized carbons (Fsp3) is 0.375. The lowest BCUT2D eigenvalue weighted by Crippen LogP contribution is -2.52. The summed E-state index contributed by atoms with van der Waals surface area (Å²) in [5, 5.41) is 9.58. The minimum atomic E-state index is -1.15. The molecule has 2 atom stereocenters. The standard InChI is InChI=1S/C24H27F2N7O2/c1-12-15(9-30-23-22(12)28-4-6-35-23)14-7-13-8-19(29-10-16(13)21(27)20(14)26)32-24(34)31-18-3-5-33(2)11-17(18)25/h7-10,17-18,28H,3-6,11,27H2,1-2H3,(H2,29,31,32,34)/t17-,18+/m0/s1. The van der Waals surface area contributed by atoms with E-state index in [0.29, 0.717) is 48.3 Å². The van der Waals surface area contributed by atoms with Gasteiger partial charge in [0.05, 0.1) is 11.7 Å². The Morgan fingerprint density at radius 1 is 1.29 bits per heavy atom. The van der Waals surface area contributed by atoms with Crippen molar-refractivity contribution in [2.24, 2.45) is 0 Å². The third kappa shape index (κ3) is 4.39. The van der Waals surface area contributed by atoms with Crippen LogP contribution in [0.2, 0.25) is 0 Å². The highest BCUT2D eigenvalue weighted by atomic mass is 19.1. The number of anilines is 3. The molecule has 2 aromatic heterocycles. The molecule has 0 unspecified atom stereocenters. The highest BCUT2D eigenvalue weighted by Gasteiger charge is 2.29. The highest BCUT2D eigenvalue weighted by molar-refractivity contribution is 6.00. The molecule has 184 valence electrons. The van der Waals surface area contributed by atoms with Gasteiger partial charge in [0, 0.05) is 48.5 Å². The molecule has 0 aliphatic carbocycles. The summed E-state index contributed by atoms with van der Waals surface area (Å²) in [7, 11) is 1.84. The number of alkyl halides is 1. The summed E-state index contributed by atoms with van der Waals surface area (Å²) in [5.74, 6) is 0.148. The Hall–Kier alpha value is -3.73. The van der Waals surface area contributed by atoms with Gasteiger partial charge in [0.1, 0.15) is 24.3 Å². The van der Waals surface area contributed by atoms with Crippen molar-refractivity contribution in [1.82, 2.24) is 20.2 Å². The van der Waals surface area contributed by atoms with E-state index in [4.69, 9.17) is 10.5 Å². The molecule has 2 aliphatic rings. The Labute approximate surface area is 201 Å². The summed E-state index contributed by atoms with van der Waals surface area (Å²) >= 11 is 0. The first-order valence-electron chi connectivity index (χ1n) is 11.5. The maximum absolute atomic E-state index is 15.3. The van der Waals surface area contributed by atoms with E-state index in [9.17, 15) is 9.18 Å². The largest absolute Gasteiger partial charge is 0.474 e. The number of aromatic nitrogens is 2. The molecule has 9 nitrogen and oxygen atoms in total. The van der Waals surface area contributed by atoms with E-state index in [1.54, 1.807) is 18.3 Å². The molecule has 5 N–H and O–H groups in total. The van der Waals surface area contributed by atoms with Gasteiger partial charge in [-0.1, -0.05) is 0 Å². The Balaban J connectivity index is 1.43. The second-order valence-corrected chi connectivity index (χ2v) is 8.97. The number of amides is 2. The Morgan fingerprint density at radius 2 is 2.11 bits per heavy atom. The molecular formula is C24H27F2N7O2. The van der Waals surface area contributed by atoms with Crippen LogP contribution in [0.4, 0.5) is 30.8 Å². The van der Waals surface area contributed by atoms with Crippen molar-refractivity contribution in [3.8, 4) is 17.0 Å². The van der Waals surface area contributed by atoms with Crippen LogP contribution >= 0.6 is 0 Å². The van der Waals surface area contributed by atoms with E-state index in [1.807, 2.05) is 18.9 Å². The van der Waals surface area contributed by atoms with Crippen LogP contribution in [0.15, 0.2) is 24.5 Å². The predicted molar refractivity (Wildman–Crippen MR) is 131 cm³/mol. The predicted octanol–water partition coefficient (Wildman–Crippen LogP) is 3.29. The molecule has 4 heterocycles. The first-order chi connectivity index (χ1) is 16.8. The maximum Gasteiger partial charge on any atom is 0.320 e. The zero-order chi connectivity index (χ0) is 24.7. The molecule has 5 rings (SSSR count). The smallest absolute Gasteiger partial charge is 0.320 e. The second-order valence-electron chi connectivity index (χ2n) is 8.97. The van der Waals surface area contributed by atoms with Crippen LogP contribution in [0.5, 0.6) is 5.88 Å². The number of piperidine rings is 1. The van der Waals surface area contributed by atoms with E-state index >= 15 is 4.39 Å². The van der Waals surface area contributed by atoms with Crippen molar-refractivity contribution < 1.29 is 18.3 Å². The number of carbonyl (C=O) groups is 1. The quantitative estimate of drug-likeness (QED) is 0.422. The molecule has 0 spiro atoms. The molecule has 0 radical (unpaired) electrons. The third-order valence-electron chi connectivity index (χ3n) is 6.54. The summed E-state index contributed by atoms with van der Waals surface area (Å²) in [4.78, 5) is 22.9. The van der Waals surface area contributed by atoms with Gasteiger partial charge >= 0.3 is 6.03 Å². The van der Waals surface area contributed by atoms with Crippen molar-refractivity contribution >= 4 is 34.0 Å². The van der Waals surface area contributed by atoms with Gasteiger partial charge in [-0.25, -0.2) is 23.5 Å². The monoisotopic (exact) mass is 483 g/mol. The highest BCUT2D eigenvalue weighted by Crippen LogP contribution is 2.39. The summed E-state index contributed by atoms with van der Waals surface area (Å²) in [5.41, 5.74) is 8.45. The van der Waals surface area contributed by atoms with Crippen molar-refractivity contribution in [3.05, 3.63) is 35.9 Å². The number of fused-ring (bicyclic) bond motifs is 2. The fourth-order valence-corrected chi connectivity index (χ4v) is 4.59. The first kappa shape index (κ1) is 23.0. The number of nitrogens with zero attached hydrogens (tertiary/aromatic N) is 3. The lowest BCUT2D eigenvalue weighted by molar-refractivity contribution is 0.127. The fourth-order valence-electron chi connectivity index (χ4n) is 4.59. The van der Waals surface area contributed by atoms with Gasteiger partial charge in [-0.2, -0.15) is 0 Å². The number of hydrogen-bond donors (Lipinski definition) is 4. The molecule has 0 bridgehead atoms. The van der Waals surface area contributed by atoms with Crippen LogP contribution < -0.4 is 26.4 Å². The lowest BCUT2D eigenvalue weighted by Gasteiger charge is -2.32. The molecule has 1 saturated heterocycles. The number of nitrogens with two attached hydrogens (primary N) is 1. The summed E-state index contributed by atoms with van der Waals surface area (Å²) < 4.78 is 35.1. The molecule has 1 aromatic carbocycles. The topological polar surface area (TPSA) is 117 Å². The summed E-state index contributed by atoms with van der Waals surface area (Å²) in [6.07, 6.45) is 2.34. The molecule has 0 saturated carbocycles. The van der Waals surface area contributed by atoms with Crippen molar-refractivity contribution in [2.75, 3.05) is 49.7 Å². The van der Waals surface area contributed by atoms with Gasteiger partial charge in [0.2, 0.25) is 5.88 Å². The number of urea groups is 1. The summed E-state index contributed by atoms with van der Waals surface area (Å²) in [6, 6.07) is 2.14. The van der Waals surface area contributed by atoms with Crippen molar-refractivity contribution in [1.29, 1.82) is 0 Å². The Bertz CT molecular complexity index is 1300. The van der Waals surface area contributed by atoms with Gasteiger partial charge in [0.15, 0.2) is 5.82 Å². The zero-order valence-corrected chi connectivity index (χ0v) is 19.5. The molecule has 2 amide bonds. The Kier molecular flexibility index (Phi) is 6.01. The molecular weight excluding hydrogens is 456 g/mol. The normalized spacial score (nSPS) is 20.0. The number of pyridine rings is 2. The van der Waals surface area contributed by atoms with Crippen LogP contribution in [-0.2, 0) is 0 Å². The lowest BCUT2D eigenvalue weighted by atomic mass is 9.97. The van der Waals surface area contributed by atoms with E-state index in [0.717, 1.165) is 11.3 Å². The molecule has 1 fully saturated rings. The Morgan fingerprint density at radius 3 is 2.91 bits per heavy atom. The minimum absolute atomic E-state index is 0.0473. The van der Waals surface area contributed by atoms with Crippen LogP contribution in [0.25, 0.3) is 21.9 Å². The summed E-state index contributed by atoms with van der Waals surface area (Å²) in [6.45, 7) is 3.97.